The molecule has 0 aliphatic rings. The lowest BCUT2D eigenvalue weighted by atomic mass is 10.2. The summed E-state index contributed by atoms with van der Waals surface area (Å²) in [4.78, 5) is 1.17. The highest BCUT2D eigenvalue weighted by Gasteiger charge is 2.16. The average molecular weight is 195 g/mol. The van der Waals surface area contributed by atoms with Crippen LogP contribution in [0.5, 0.6) is 0 Å². The molecule has 0 fully saturated rings. The third-order valence-electron chi connectivity index (χ3n) is 1.49. The fourth-order valence-corrected chi connectivity index (χ4v) is 1.96. The molecule has 0 aromatic heterocycles. The van der Waals surface area contributed by atoms with Crippen LogP contribution in [0.25, 0.3) is 0 Å². The maximum absolute atomic E-state index is 8.44. The molecule has 13 heavy (non-hydrogen) atoms. The first-order chi connectivity index (χ1) is 6.14. The van der Waals surface area contributed by atoms with E-state index >= 15 is 0 Å². The van der Waals surface area contributed by atoms with Crippen LogP contribution in [0.15, 0.2) is 40.4 Å². The summed E-state index contributed by atoms with van der Waals surface area (Å²) in [5.74, 6) is 0. The van der Waals surface area contributed by atoms with Gasteiger partial charge in [0.25, 0.3) is 0 Å². The molecule has 1 aromatic carbocycles. The van der Waals surface area contributed by atoms with Crippen LogP contribution < -0.4 is 0 Å². The summed E-state index contributed by atoms with van der Waals surface area (Å²) in [6, 6.07) is 10.1. The van der Waals surface area contributed by atoms with Gasteiger partial charge in [-0.1, -0.05) is 18.2 Å². The number of benzene rings is 1. The van der Waals surface area contributed by atoms with Gasteiger partial charge in [0.1, 0.15) is 0 Å². The summed E-state index contributed by atoms with van der Waals surface area (Å²) in [6.07, 6.45) is 1.53. The molecule has 0 aliphatic heterocycles. The van der Waals surface area contributed by atoms with Gasteiger partial charge in [0.15, 0.2) is 0 Å². The van der Waals surface area contributed by atoms with Crippen LogP contribution >= 0.6 is 11.8 Å². The Morgan fingerprint density at radius 3 is 2.46 bits per heavy atom. The van der Waals surface area contributed by atoms with Crippen LogP contribution in [0.3, 0.4) is 0 Å². The van der Waals surface area contributed by atoms with Gasteiger partial charge in [-0.15, -0.1) is 16.9 Å². The molecule has 2 nitrogen and oxygen atoms in total. The molecular weight excluding hydrogens is 182 g/mol. The van der Waals surface area contributed by atoms with Gasteiger partial charge < -0.3 is 5.21 Å². The van der Waals surface area contributed by atoms with E-state index in [1.54, 1.807) is 11.8 Å². The highest BCUT2D eigenvalue weighted by molar-refractivity contribution is 8.01. The second-order valence-electron chi connectivity index (χ2n) is 3.26. The van der Waals surface area contributed by atoms with Gasteiger partial charge in [-0.3, -0.25) is 0 Å². The molecule has 0 heterocycles. The molecule has 1 aromatic rings. The van der Waals surface area contributed by atoms with Crippen molar-refractivity contribution in [1.82, 2.24) is 0 Å². The zero-order valence-electron chi connectivity index (χ0n) is 7.77. The van der Waals surface area contributed by atoms with E-state index in [1.807, 2.05) is 44.2 Å². The predicted molar refractivity (Wildman–Crippen MR) is 56.7 cm³/mol. The minimum absolute atomic E-state index is 0.171. The van der Waals surface area contributed by atoms with Crippen molar-refractivity contribution in [3.8, 4) is 0 Å². The number of oxime groups is 1. The van der Waals surface area contributed by atoms with Crippen molar-refractivity contribution in [3.63, 3.8) is 0 Å². The Morgan fingerprint density at radius 1 is 1.31 bits per heavy atom. The molecule has 0 saturated heterocycles. The van der Waals surface area contributed by atoms with Crippen LogP contribution in [0, 0.1) is 0 Å². The normalized spacial score (nSPS) is 12.2. The Bertz CT molecular complexity index is 282. The standard InChI is InChI=1S/C10H13NOS/c1-10(2,8-11-12)13-9-6-4-3-5-7-9/h3-8,12H,1-2H3/b11-8+. The Kier molecular flexibility index (Phi) is 3.37. The first-order valence-electron chi connectivity index (χ1n) is 4.07. The molecule has 70 valence electrons. The van der Waals surface area contributed by atoms with E-state index in [-0.39, 0.29) is 4.75 Å². The lowest BCUT2D eigenvalue weighted by Crippen LogP contribution is -2.15. The Labute approximate surface area is 82.7 Å². The summed E-state index contributed by atoms with van der Waals surface area (Å²) in [7, 11) is 0. The molecule has 3 heteroatoms. The predicted octanol–water partition coefficient (Wildman–Crippen LogP) is 3.02. The fourth-order valence-electron chi connectivity index (χ4n) is 0.958. The number of thioether (sulfide) groups is 1. The second-order valence-corrected chi connectivity index (χ2v) is 4.99. The van der Waals surface area contributed by atoms with Gasteiger partial charge in [0.2, 0.25) is 0 Å². The molecule has 0 spiro atoms. The third kappa shape index (κ3) is 3.51. The average Bonchev–Trinajstić information content (AvgIpc) is 2.04. The van der Waals surface area contributed by atoms with E-state index in [1.165, 1.54) is 11.1 Å². The molecule has 0 unspecified atom stereocenters. The number of hydrogen-bond acceptors (Lipinski definition) is 3. The van der Waals surface area contributed by atoms with Crippen molar-refractivity contribution < 1.29 is 5.21 Å². The van der Waals surface area contributed by atoms with Gasteiger partial charge in [-0.05, 0) is 26.0 Å². The third-order valence-corrected chi connectivity index (χ3v) is 2.63. The summed E-state index contributed by atoms with van der Waals surface area (Å²) < 4.78 is -0.171. The minimum Gasteiger partial charge on any atom is -0.411 e. The van der Waals surface area contributed by atoms with Crippen molar-refractivity contribution in [3.05, 3.63) is 30.3 Å². The maximum Gasteiger partial charge on any atom is 0.0594 e. The van der Waals surface area contributed by atoms with Gasteiger partial charge in [0, 0.05) is 4.90 Å². The van der Waals surface area contributed by atoms with Crippen LogP contribution in [-0.4, -0.2) is 16.2 Å². The van der Waals surface area contributed by atoms with Crippen LogP contribution in [0.1, 0.15) is 13.8 Å². The largest absolute Gasteiger partial charge is 0.411 e. The van der Waals surface area contributed by atoms with Crippen LogP contribution in [0.4, 0.5) is 0 Å². The smallest absolute Gasteiger partial charge is 0.0594 e. The van der Waals surface area contributed by atoms with Crippen molar-refractivity contribution in [2.45, 2.75) is 23.5 Å². The summed E-state index contributed by atoms with van der Waals surface area (Å²) >= 11 is 1.66. The van der Waals surface area contributed by atoms with Crippen LogP contribution in [-0.2, 0) is 0 Å². The molecule has 0 radical (unpaired) electrons. The second kappa shape index (κ2) is 4.33. The van der Waals surface area contributed by atoms with Gasteiger partial charge in [-0.25, -0.2) is 0 Å². The van der Waals surface area contributed by atoms with E-state index in [2.05, 4.69) is 5.16 Å². The Balaban J connectivity index is 2.69. The van der Waals surface area contributed by atoms with E-state index in [0.29, 0.717) is 0 Å². The molecule has 0 saturated carbocycles. The first-order valence-corrected chi connectivity index (χ1v) is 4.88. The molecule has 0 bridgehead atoms. The van der Waals surface area contributed by atoms with E-state index in [4.69, 9.17) is 5.21 Å². The number of hydrogen-bond donors (Lipinski definition) is 1. The highest BCUT2D eigenvalue weighted by Crippen LogP contribution is 2.30. The molecule has 0 atom stereocenters. The summed E-state index contributed by atoms with van der Waals surface area (Å²) in [5, 5.41) is 11.5. The van der Waals surface area contributed by atoms with Crippen molar-refractivity contribution in [1.29, 1.82) is 0 Å². The van der Waals surface area contributed by atoms with Gasteiger partial charge >= 0.3 is 0 Å². The topological polar surface area (TPSA) is 32.6 Å². The molecule has 0 amide bonds. The quantitative estimate of drug-likeness (QED) is 0.348. The highest BCUT2D eigenvalue weighted by atomic mass is 32.2. The van der Waals surface area contributed by atoms with Crippen LogP contribution in [0.2, 0.25) is 0 Å². The zero-order valence-corrected chi connectivity index (χ0v) is 8.58. The van der Waals surface area contributed by atoms with Crippen molar-refractivity contribution >= 4 is 18.0 Å². The van der Waals surface area contributed by atoms with E-state index < -0.39 is 0 Å². The Morgan fingerprint density at radius 2 is 1.92 bits per heavy atom. The molecule has 0 aliphatic carbocycles. The zero-order chi connectivity index (χ0) is 9.73. The monoisotopic (exact) mass is 195 g/mol. The van der Waals surface area contributed by atoms with Crippen molar-refractivity contribution in [2.24, 2.45) is 5.16 Å². The van der Waals surface area contributed by atoms with E-state index in [0.717, 1.165) is 0 Å². The first kappa shape index (κ1) is 10.1. The SMILES string of the molecule is CC(C)(/C=N/O)Sc1ccccc1. The maximum atomic E-state index is 8.44. The Hall–Kier alpha value is -0.960. The molecule has 1 rings (SSSR count). The molecular formula is C10H13NOS. The summed E-state index contributed by atoms with van der Waals surface area (Å²) in [6.45, 7) is 4.01. The lowest BCUT2D eigenvalue weighted by molar-refractivity contribution is 0.319. The number of rotatable bonds is 3. The fraction of sp³-hybridized carbons (Fsp3) is 0.300. The minimum atomic E-state index is -0.171. The van der Waals surface area contributed by atoms with Gasteiger partial charge in [-0.2, -0.15) is 0 Å². The number of nitrogens with zero attached hydrogens (tertiary/aromatic N) is 1. The summed E-state index contributed by atoms with van der Waals surface area (Å²) in [5.41, 5.74) is 0. The molecule has 1 N–H and O–H groups in total. The lowest BCUT2D eigenvalue weighted by Gasteiger charge is -2.17. The van der Waals surface area contributed by atoms with Gasteiger partial charge in [0.05, 0.1) is 11.0 Å². The van der Waals surface area contributed by atoms with E-state index in [9.17, 15) is 0 Å². The van der Waals surface area contributed by atoms with Crippen molar-refractivity contribution in [2.75, 3.05) is 0 Å².